The summed E-state index contributed by atoms with van der Waals surface area (Å²) in [6.45, 7) is 1.17. The third-order valence-corrected chi connectivity index (χ3v) is 2.34. The van der Waals surface area contributed by atoms with Gasteiger partial charge in [0.1, 0.15) is 0 Å². The predicted octanol–water partition coefficient (Wildman–Crippen LogP) is 1.45. The van der Waals surface area contributed by atoms with E-state index in [1.165, 1.54) is 33.3 Å². The first-order chi connectivity index (χ1) is 9.53. The number of ether oxygens (including phenoxy) is 3. The zero-order valence-electron chi connectivity index (χ0n) is 11.5. The van der Waals surface area contributed by atoms with Crippen LogP contribution in [-0.2, 0) is 9.53 Å². The number of terminal acetylenes is 1. The van der Waals surface area contributed by atoms with Crippen molar-refractivity contribution in [2.24, 2.45) is 0 Å². The average molecular weight is 277 g/mol. The molecule has 0 saturated heterocycles. The lowest BCUT2D eigenvalue weighted by Gasteiger charge is -2.14. The van der Waals surface area contributed by atoms with E-state index in [1.807, 2.05) is 0 Å². The number of carbonyl (C=O) groups is 2. The van der Waals surface area contributed by atoms with Gasteiger partial charge in [-0.15, -0.1) is 6.42 Å². The lowest BCUT2D eigenvalue weighted by Crippen LogP contribution is -2.13. The maximum Gasteiger partial charge on any atom is 0.341 e. The number of hydrogen-bond donors (Lipinski definition) is 1. The Bertz CT molecular complexity index is 559. The first-order valence-corrected chi connectivity index (χ1v) is 5.67. The number of hydrogen-bond acceptors (Lipinski definition) is 5. The van der Waals surface area contributed by atoms with Gasteiger partial charge in [0.05, 0.1) is 25.5 Å². The van der Waals surface area contributed by atoms with E-state index in [4.69, 9.17) is 20.6 Å². The largest absolute Gasteiger partial charge is 0.493 e. The van der Waals surface area contributed by atoms with Gasteiger partial charge in [-0.1, -0.05) is 5.92 Å². The van der Waals surface area contributed by atoms with E-state index >= 15 is 0 Å². The number of methoxy groups -OCH3 is 2. The lowest BCUT2D eigenvalue weighted by atomic mass is 10.1. The van der Waals surface area contributed by atoms with Crippen LogP contribution in [0.4, 0.5) is 5.69 Å². The van der Waals surface area contributed by atoms with Crippen LogP contribution in [0, 0.1) is 12.3 Å². The van der Waals surface area contributed by atoms with Crippen LogP contribution < -0.4 is 14.8 Å². The molecule has 1 rings (SSSR count). The van der Waals surface area contributed by atoms with Crippen molar-refractivity contribution in [3.05, 3.63) is 17.7 Å². The zero-order chi connectivity index (χ0) is 15.1. The Morgan fingerprint density at radius 2 is 1.85 bits per heavy atom. The molecule has 0 fully saturated rings. The van der Waals surface area contributed by atoms with Crippen LogP contribution in [0.3, 0.4) is 0 Å². The minimum absolute atomic E-state index is 0.133. The molecule has 0 aliphatic rings. The molecule has 0 aliphatic carbocycles. The molecule has 20 heavy (non-hydrogen) atoms. The van der Waals surface area contributed by atoms with Crippen LogP contribution in [0.25, 0.3) is 0 Å². The molecule has 0 aromatic heterocycles. The molecule has 0 atom stereocenters. The second-order valence-corrected chi connectivity index (χ2v) is 3.71. The zero-order valence-corrected chi connectivity index (χ0v) is 11.5. The molecule has 1 aromatic carbocycles. The van der Waals surface area contributed by atoms with E-state index in [9.17, 15) is 9.59 Å². The molecule has 0 radical (unpaired) electrons. The Hall–Kier alpha value is -2.68. The van der Waals surface area contributed by atoms with Gasteiger partial charge in [0, 0.05) is 19.1 Å². The maximum atomic E-state index is 11.9. The molecule has 1 aromatic rings. The van der Waals surface area contributed by atoms with Gasteiger partial charge < -0.3 is 19.5 Å². The summed E-state index contributed by atoms with van der Waals surface area (Å²) in [6.07, 6.45) is 5.03. The molecule has 0 aliphatic heterocycles. The molecule has 0 unspecified atom stereocenters. The summed E-state index contributed by atoms with van der Waals surface area (Å²) in [5.41, 5.74) is 0.394. The Labute approximate surface area is 117 Å². The number of nitrogens with one attached hydrogen (secondary N) is 1. The fourth-order valence-electron chi connectivity index (χ4n) is 1.53. The molecule has 1 N–H and O–H groups in total. The highest BCUT2D eigenvalue weighted by atomic mass is 16.5. The minimum atomic E-state index is -0.660. The van der Waals surface area contributed by atoms with E-state index < -0.39 is 5.97 Å². The van der Waals surface area contributed by atoms with Crippen LogP contribution in [0.5, 0.6) is 11.5 Å². The Kier molecular flexibility index (Phi) is 5.42. The van der Waals surface area contributed by atoms with E-state index in [0.29, 0.717) is 11.5 Å². The van der Waals surface area contributed by atoms with Crippen molar-refractivity contribution >= 4 is 17.6 Å². The number of benzene rings is 1. The van der Waals surface area contributed by atoms with E-state index in [2.05, 4.69) is 11.2 Å². The molecule has 0 heterocycles. The number of amides is 1. The highest BCUT2D eigenvalue weighted by molar-refractivity contribution is 6.01. The summed E-state index contributed by atoms with van der Waals surface area (Å²) in [4.78, 5) is 23.1. The van der Waals surface area contributed by atoms with Gasteiger partial charge in [0.15, 0.2) is 18.1 Å². The summed E-state index contributed by atoms with van der Waals surface area (Å²) in [6, 6.07) is 2.90. The Balaban J connectivity index is 3.27. The monoisotopic (exact) mass is 277 g/mol. The molecule has 6 heteroatoms. The minimum Gasteiger partial charge on any atom is -0.493 e. The van der Waals surface area contributed by atoms with Gasteiger partial charge in [-0.3, -0.25) is 4.79 Å². The highest BCUT2D eigenvalue weighted by Crippen LogP contribution is 2.33. The van der Waals surface area contributed by atoms with Crippen LogP contribution in [-0.4, -0.2) is 32.7 Å². The molecular formula is C14H15NO5. The topological polar surface area (TPSA) is 73.9 Å². The summed E-state index contributed by atoms with van der Waals surface area (Å²) in [5, 5.41) is 2.53. The van der Waals surface area contributed by atoms with E-state index in [-0.39, 0.29) is 23.8 Å². The number of esters is 1. The quantitative estimate of drug-likeness (QED) is 0.651. The van der Waals surface area contributed by atoms with Gasteiger partial charge >= 0.3 is 5.97 Å². The Morgan fingerprint density at radius 3 is 2.35 bits per heavy atom. The molecular weight excluding hydrogens is 262 g/mol. The lowest BCUT2D eigenvalue weighted by molar-refractivity contribution is -0.114. The third kappa shape index (κ3) is 3.65. The fourth-order valence-corrected chi connectivity index (χ4v) is 1.53. The molecule has 0 spiro atoms. The van der Waals surface area contributed by atoms with Crippen LogP contribution >= 0.6 is 0 Å². The van der Waals surface area contributed by atoms with Crippen molar-refractivity contribution < 1.29 is 23.8 Å². The van der Waals surface area contributed by atoms with Gasteiger partial charge in [0.2, 0.25) is 5.91 Å². The third-order valence-electron chi connectivity index (χ3n) is 2.34. The smallest absolute Gasteiger partial charge is 0.341 e. The van der Waals surface area contributed by atoms with Gasteiger partial charge in [0.25, 0.3) is 0 Å². The Morgan fingerprint density at radius 1 is 1.25 bits per heavy atom. The van der Waals surface area contributed by atoms with E-state index in [0.717, 1.165) is 0 Å². The van der Waals surface area contributed by atoms with Gasteiger partial charge in [-0.2, -0.15) is 0 Å². The first-order valence-electron chi connectivity index (χ1n) is 5.67. The van der Waals surface area contributed by atoms with Crippen LogP contribution in [0.1, 0.15) is 17.3 Å². The summed E-state index contributed by atoms with van der Waals surface area (Å²) >= 11 is 0. The first kappa shape index (κ1) is 15.4. The number of carbonyl (C=O) groups excluding carboxylic acids is 2. The van der Waals surface area contributed by atoms with Crippen molar-refractivity contribution in [1.29, 1.82) is 0 Å². The SMILES string of the molecule is C#CCOC(=O)c1cc(OC)c(OC)cc1NC(C)=O. The normalized spacial score (nSPS) is 9.30. The fraction of sp³-hybridized carbons (Fsp3) is 0.286. The second kappa shape index (κ2) is 7.04. The van der Waals surface area contributed by atoms with Gasteiger partial charge in [-0.25, -0.2) is 4.79 Å². The summed E-state index contributed by atoms with van der Waals surface area (Å²) in [7, 11) is 2.89. The molecule has 106 valence electrons. The maximum absolute atomic E-state index is 11.9. The van der Waals surface area contributed by atoms with Gasteiger partial charge in [-0.05, 0) is 0 Å². The number of anilines is 1. The summed E-state index contributed by atoms with van der Waals surface area (Å²) in [5.74, 6) is 1.92. The summed E-state index contributed by atoms with van der Waals surface area (Å²) < 4.78 is 15.1. The van der Waals surface area contributed by atoms with Crippen molar-refractivity contribution in [3.8, 4) is 23.8 Å². The van der Waals surface area contributed by atoms with Crippen molar-refractivity contribution in [3.63, 3.8) is 0 Å². The van der Waals surface area contributed by atoms with Crippen molar-refractivity contribution in [1.82, 2.24) is 0 Å². The second-order valence-electron chi connectivity index (χ2n) is 3.71. The van der Waals surface area contributed by atoms with Crippen LogP contribution in [0.15, 0.2) is 12.1 Å². The number of rotatable bonds is 5. The molecule has 1 amide bonds. The average Bonchev–Trinajstić information content (AvgIpc) is 2.43. The predicted molar refractivity (Wildman–Crippen MR) is 73.0 cm³/mol. The standard InChI is InChI=1S/C14H15NO5/c1-5-6-20-14(17)10-7-12(18-3)13(19-4)8-11(10)15-9(2)16/h1,7-8H,6H2,2-4H3,(H,15,16). The molecule has 0 saturated carbocycles. The van der Waals surface area contributed by atoms with Crippen molar-refractivity contribution in [2.45, 2.75) is 6.92 Å². The highest BCUT2D eigenvalue weighted by Gasteiger charge is 2.18. The van der Waals surface area contributed by atoms with E-state index in [1.54, 1.807) is 0 Å². The molecule has 6 nitrogen and oxygen atoms in total. The molecule has 0 bridgehead atoms. The van der Waals surface area contributed by atoms with Crippen LogP contribution in [0.2, 0.25) is 0 Å². The van der Waals surface area contributed by atoms with Crippen molar-refractivity contribution in [2.75, 3.05) is 26.1 Å².